The number of halogens is 1. The summed E-state index contributed by atoms with van der Waals surface area (Å²) in [5.74, 6) is 0. The van der Waals surface area contributed by atoms with Gasteiger partial charge in [0.25, 0.3) is 0 Å². The number of nitrogens with two attached hydrogens (primary N) is 1. The largest absolute Gasteiger partial charge is 0.399 e. The highest BCUT2D eigenvalue weighted by Gasteiger charge is 2.12. The van der Waals surface area contributed by atoms with Crippen molar-refractivity contribution in [2.24, 2.45) is 0 Å². The average molecular weight is 340 g/mol. The first kappa shape index (κ1) is 14.5. The zero-order chi connectivity index (χ0) is 14.0. The van der Waals surface area contributed by atoms with Crippen molar-refractivity contribution in [3.05, 3.63) is 43.8 Å². The Morgan fingerprint density at radius 1 is 1.42 bits per heavy atom. The molecule has 102 valence electrons. The lowest BCUT2D eigenvalue weighted by atomic mass is 10.2. The molecule has 0 radical (unpaired) electrons. The Bertz CT molecular complexity index is 580. The Morgan fingerprint density at radius 3 is 2.79 bits per heavy atom. The molecular formula is C14H18BrN3S. The highest BCUT2D eigenvalue weighted by molar-refractivity contribution is 9.10. The van der Waals surface area contributed by atoms with E-state index >= 15 is 0 Å². The van der Waals surface area contributed by atoms with Gasteiger partial charge in [0, 0.05) is 27.6 Å². The van der Waals surface area contributed by atoms with Gasteiger partial charge in [-0.2, -0.15) is 0 Å². The van der Waals surface area contributed by atoms with Crippen LogP contribution in [0.15, 0.2) is 22.7 Å². The topological polar surface area (TPSA) is 50.9 Å². The van der Waals surface area contributed by atoms with Crippen molar-refractivity contribution in [3.8, 4) is 0 Å². The monoisotopic (exact) mass is 339 g/mol. The van der Waals surface area contributed by atoms with E-state index in [-0.39, 0.29) is 0 Å². The van der Waals surface area contributed by atoms with Crippen molar-refractivity contribution in [1.82, 2.24) is 10.3 Å². The molecule has 0 saturated heterocycles. The van der Waals surface area contributed by atoms with Crippen molar-refractivity contribution in [2.75, 3.05) is 5.73 Å². The number of nitrogen functional groups attached to an aromatic ring is 1. The SMILES string of the molecule is Cc1nc(C)c(C(C)NCc2cc(N)ccc2Br)s1. The van der Waals surface area contributed by atoms with Crippen molar-refractivity contribution in [1.29, 1.82) is 0 Å². The van der Waals surface area contributed by atoms with Crippen LogP contribution in [0.2, 0.25) is 0 Å². The van der Waals surface area contributed by atoms with Gasteiger partial charge in [-0.3, -0.25) is 0 Å². The van der Waals surface area contributed by atoms with Crippen LogP contribution in [-0.2, 0) is 6.54 Å². The van der Waals surface area contributed by atoms with E-state index in [1.165, 1.54) is 10.4 Å². The van der Waals surface area contributed by atoms with Gasteiger partial charge in [0.1, 0.15) is 0 Å². The van der Waals surface area contributed by atoms with Crippen LogP contribution in [0.1, 0.15) is 34.1 Å². The maximum atomic E-state index is 5.82. The summed E-state index contributed by atoms with van der Waals surface area (Å²) in [6, 6.07) is 6.17. The molecule has 1 heterocycles. The summed E-state index contributed by atoms with van der Waals surface area (Å²) in [7, 11) is 0. The molecule has 0 aliphatic rings. The Balaban J connectivity index is 2.06. The van der Waals surface area contributed by atoms with Crippen LogP contribution in [-0.4, -0.2) is 4.98 Å². The molecule has 0 amide bonds. The fourth-order valence-corrected chi connectivity index (χ4v) is 3.38. The highest BCUT2D eigenvalue weighted by atomic mass is 79.9. The molecule has 3 nitrogen and oxygen atoms in total. The molecule has 0 bridgehead atoms. The van der Waals surface area contributed by atoms with Crippen molar-refractivity contribution in [3.63, 3.8) is 0 Å². The number of rotatable bonds is 4. The van der Waals surface area contributed by atoms with Gasteiger partial charge in [0.05, 0.1) is 10.7 Å². The zero-order valence-corrected chi connectivity index (χ0v) is 13.7. The Kier molecular flexibility index (Phi) is 4.60. The number of anilines is 1. The summed E-state index contributed by atoms with van der Waals surface area (Å²) in [5.41, 5.74) is 8.90. The van der Waals surface area contributed by atoms with Gasteiger partial charge in [0.2, 0.25) is 0 Å². The number of thiazole rings is 1. The molecule has 0 fully saturated rings. The third-order valence-corrected chi connectivity index (χ3v) is 5.03. The lowest BCUT2D eigenvalue weighted by molar-refractivity contribution is 0.578. The number of benzene rings is 1. The minimum Gasteiger partial charge on any atom is -0.399 e. The van der Waals surface area contributed by atoms with Gasteiger partial charge in [-0.25, -0.2) is 4.98 Å². The van der Waals surface area contributed by atoms with Gasteiger partial charge < -0.3 is 11.1 Å². The van der Waals surface area contributed by atoms with E-state index in [0.29, 0.717) is 6.04 Å². The Hall–Kier alpha value is -0.910. The molecule has 5 heteroatoms. The van der Waals surface area contributed by atoms with Crippen LogP contribution >= 0.6 is 27.3 Å². The first-order chi connectivity index (χ1) is 8.97. The second-order valence-corrected chi connectivity index (χ2v) is 6.73. The fourth-order valence-electron chi connectivity index (χ4n) is 2.03. The molecule has 19 heavy (non-hydrogen) atoms. The van der Waals surface area contributed by atoms with E-state index in [1.807, 2.05) is 25.1 Å². The van der Waals surface area contributed by atoms with Crippen molar-refractivity contribution < 1.29 is 0 Å². The Morgan fingerprint density at radius 2 is 2.16 bits per heavy atom. The molecule has 0 aliphatic heterocycles. The number of hydrogen-bond acceptors (Lipinski definition) is 4. The van der Waals surface area contributed by atoms with Gasteiger partial charge in [-0.1, -0.05) is 15.9 Å². The normalized spacial score (nSPS) is 12.6. The predicted molar refractivity (Wildman–Crippen MR) is 85.4 cm³/mol. The van der Waals surface area contributed by atoms with Crippen LogP contribution < -0.4 is 11.1 Å². The maximum Gasteiger partial charge on any atom is 0.0900 e. The third kappa shape index (κ3) is 3.55. The summed E-state index contributed by atoms with van der Waals surface area (Å²) < 4.78 is 1.08. The van der Waals surface area contributed by atoms with Crippen LogP contribution in [0.3, 0.4) is 0 Å². The second-order valence-electron chi connectivity index (χ2n) is 4.64. The average Bonchev–Trinajstić information content (AvgIpc) is 2.69. The van der Waals surface area contributed by atoms with Gasteiger partial charge >= 0.3 is 0 Å². The molecule has 1 aromatic heterocycles. The van der Waals surface area contributed by atoms with E-state index < -0.39 is 0 Å². The third-order valence-electron chi connectivity index (χ3n) is 3.00. The minimum atomic E-state index is 0.291. The molecule has 1 unspecified atom stereocenters. The molecule has 3 N–H and O–H groups in total. The predicted octanol–water partition coefficient (Wildman–Crippen LogP) is 3.96. The minimum absolute atomic E-state index is 0.291. The fraction of sp³-hybridized carbons (Fsp3) is 0.357. The quantitative estimate of drug-likeness (QED) is 0.829. The number of aromatic nitrogens is 1. The zero-order valence-electron chi connectivity index (χ0n) is 11.3. The number of nitrogens with one attached hydrogen (secondary N) is 1. The Labute approximate surface area is 126 Å². The molecule has 1 atom stereocenters. The van der Waals surface area contributed by atoms with Crippen molar-refractivity contribution in [2.45, 2.75) is 33.4 Å². The maximum absolute atomic E-state index is 5.82. The standard InChI is InChI=1S/C14H18BrN3S/c1-8(14-9(2)18-10(3)19-14)17-7-11-6-12(16)4-5-13(11)15/h4-6,8,17H,7,16H2,1-3H3. The molecule has 0 saturated carbocycles. The molecule has 0 aliphatic carbocycles. The number of aryl methyl sites for hydroxylation is 2. The molecule has 0 spiro atoms. The molecule has 2 aromatic rings. The summed E-state index contributed by atoms with van der Waals surface area (Å²) in [5, 5.41) is 4.64. The van der Waals surface area contributed by atoms with Gasteiger partial charge in [-0.15, -0.1) is 11.3 Å². The molecule has 1 aromatic carbocycles. The summed E-state index contributed by atoms with van der Waals surface area (Å²) >= 11 is 5.31. The first-order valence-electron chi connectivity index (χ1n) is 6.18. The summed E-state index contributed by atoms with van der Waals surface area (Å²) in [4.78, 5) is 5.77. The van der Waals surface area contributed by atoms with E-state index in [2.05, 4.69) is 40.1 Å². The summed E-state index contributed by atoms with van der Waals surface area (Å²) in [6.07, 6.45) is 0. The number of hydrogen-bond donors (Lipinski definition) is 2. The number of nitrogens with zero attached hydrogens (tertiary/aromatic N) is 1. The first-order valence-corrected chi connectivity index (χ1v) is 7.79. The van der Waals surface area contributed by atoms with Crippen molar-refractivity contribution >= 4 is 33.0 Å². The lowest BCUT2D eigenvalue weighted by Gasteiger charge is -2.14. The van der Waals surface area contributed by atoms with Gasteiger partial charge in [-0.05, 0) is 44.5 Å². The van der Waals surface area contributed by atoms with E-state index in [4.69, 9.17) is 5.73 Å². The van der Waals surface area contributed by atoms with Crippen LogP contribution in [0.5, 0.6) is 0 Å². The lowest BCUT2D eigenvalue weighted by Crippen LogP contribution is -2.18. The van der Waals surface area contributed by atoms with Gasteiger partial charge in [0.15, 0.2) is 0 Å². The van der Waals surface area contributed by atoms with E-state index in [0.717, 1.165) is 27.4 Å². The van der Waals surface area contributed by atoms with Crippen LogP contribution in [0, 0.1) is 13.8 Å². The van der Waals surface area contributed by atoms with E-state index in [9.17, 15) is 0 Å². The molecule has 2 rings (SSSR count). The molecular weight excluding hydrogens is 322 g/mol. The smallest absolute Gasteiger partial charge is 0.0900 e. The van der Waals surface area contributed by atoms with E-state index in [1.54, 1.807) is 11.3 Å². The summed E-state index contributed by atoms with van der Waals surface area (Å²) in [6.45, 7) is 7.05. The van der Waals surface area contributed by atoms with Crippen LogP contribution in [0.25, 0.3) is 0 Å². The second kappa shape index (κ2) is 6.03. The van der Waals surface area contributed by atoms with Crippen LogP contribution in [0.4, 0.5) is 5.69 Å². The highest BCUT2D eigenvalue weighted by Crippen LogP contribution is 2.25.